The lowest BCUT2D eigenvalue weighted by Gasteiger charge is -2.34. The van der Waals surface area contributed by atoms with Crippen LogP contribution in [0, 0.1) is 0 Å². The molecular weight excluding hydrogens is 206 g/mol. The molecule has 0 fully saturated rings. The van der Waals surface area contributed by atoms with Gasteiger partial charge in [0.2, 0.25) is 0 Å². The first-order valence-corrected chi connectivity index (χ1v) is 6.70. The molecule has 1 aromatic carbocycles. The van der Waals surface area contributed by atoms with Crippen LogP contribution in [0.2, 0.25) is 0 Å². The summed E-state index contributed by atoms with van der Waals surface area (Å²) in [6.07, 6.45) is 7.53. The van der Waals surface area contributed by atoms with Crippen LogP contribution in [0.25, 0.3) is 5.57 Å². The Bertz CT molecular complexity index is 494. The highest BCUT2D eigenvalue weighted by atomic mass is 15.0. The van der Waals surface area contributed by atoms with Crippen LogP contribution in [-0.4, -0.2) is 5.54 Å². The Labute approximate surface area is 104 Å². The second-order valence-corrected chi connectivity index (χ2v) is 6.01. The number of fused-ring (bicyclic) bond motifs is 3. The Morgan fingerprint density at radius 1 is 1.12 bits per heavy atom. The van der Waals surface area contributed by atoms with E-state index in [1.165, 1.54) is 42.5 Å². The van der Waals surface area contributed by atoms with Gasteiger partial charge in [-0.25, -0.2) is 0 Å². The first-order chi connectivity index (χ1) is 8.07. The summed E-state index contributed by atoms with van der Waals surface area (Å²) >= 11 is 0. The van der Waals surface area contributed by atoms with Crippen molar-refractivity contribution < 1.29 is 0 Å². The lowest BCUT2D eigenvalue weighted by molar-refractivity contribution is 0.671. The van der Waals surface area contributed by atoms with Gasteiger partial charge in [-0.2, -0.15) is 0 Å². The minimum Gasteiger partial charge on any atom is -0.376 e. The lowest BCUT2D eigenvalue weighted by atomic mass is 9.83. The van der Waals surface area contributed by atoms with Gasteiger partial charge in [-0.15, -0.1) is 0 Å². The summed E-state index contributed by atoms with van der Waals surface area (Å²) in [4.78, 5) is 0. The topological polar surface area (TPSA) is 12.0 Å². The minimum absolute atomic E-state index is 0.0870. The molecule has 0 saturated heterocycles. The quantitative estimate of drug-likeness (QED) is 0.701. The van der Waals surface area contributed by atoms with E-state index in [1.54, 1.807) is 11.1 Å². The summed E-state index contributed by atoms with van der Waals surface area (Å²) in [6.45, 7) is 6.74. The number of anilines is 1. The Morgan fingerprint density at radius 3 is 2.71 bits per heavy atom. The highest BCUT2D eigenvalue weighted by Gasteiger charge is 2.26. The standard InChI is InChI=1S/C16H21N/c1-11-10-16(2,3)17-15-13(11)9-8-12-6-4-5-7-14(12)15/h8-10,17H,4-7H2,1-3H3. The van der Waals surface area contributed by atoms with E-state index in [-0.39, 0.29) is 5.54 Å². The molecule has 17 heavy (non-hydrogen) atoms. The molecule has 0 bridgehead atoms. The van der Waals surface area contributed by atoms with Crippen LogP contribution in [0.5, 0.6) is 0 Å². The third kappa shape index (κ3) is 1.78. The van der Waals surface area contributed by atoms with E-state index < -0.39 is 0 Å². The van der Waals surface area contributed by atoms with Gasteiger partial charge >= 0.3 is 0 Å². The molecule has 2 aliphatic rings. The number of hydrogen-bond acceptors (Lipinski definition) is 1. The van der Waals surface area contributed by atoms with Crippen molar-refractivity contribution in [3.05, 3.63) is 34.9 Å². The van der Waals surface area contributed by atoms with Gasteiger partial charge in [0.1, 0.15) is 0 Å². The molecule has 0 aromatic heterocycles. The lowest BCUT2D eigenvalue weighted by Crippen LogP contribution is -2.32. The fourth-order valence-corrected chi connectivity index (χ4v) is 3.28. The van der Waals surface area contributed by atoms with Crippen LogP contribution in [0.4, 0.5) is 5.69 Å². The van der Waals surface area contributed by atoms with Gasteiger partial charge < -0.3 is 5.32 Å². The molecule has 90 valence electrons. The highest BCUT2D eigenvalue weighted by molar-refractivity contribution is 5.82. The monoisotopic (exact) mass is 227 g/mol. The maximum absolute atomic E-state index is 3.72. The van der Waals surface area contributed by atoms with Crippen molar-refractivity contribution in [1.29, 1.82) is 0 Å². The van der Waals surface area contributed by atoms with Crippen LogP contribution in [0.15, 0.2) is 18.2 Å². The van der Waals surface area contributed by atoms with Crippen LogP contribution in [-0.2, 0) is 12.8 Å². The van der Waals surface area contributed by atoms with E-state index in [1.807, 2.05) is 0 Å². The maximum atomic E-state index is 3.72. The number of hydrogen-bond donors (Lipinski definition) is 1. The molecule has 1 N–H and O–H groups in total. The van der Waals surface area contributed by atoms with Crippen LogP contribution >= 0.6 is 0 Å². The molecule has 3 rings (SSSR count). The number of allylic oxidation sites excluding steroid dienone is 1. The van der Waals surface area contributed by atoms with Crippen LogP contribution in [0.1, 0.15) is 50.3 Å². The van der Waals surface area contributed by atoms with Gasteiger partial charge in [0.05, 0.1) is 5.54 Å². The smallest absolute Gasteiger partial charge is 0.0506 e. The van der Waals surface area contributed by atoms with E-state index in [4.69, 9.17) is 0 Å². The van der Waals surface area contributed by atoms with Gasteiger partial charge in [-0.05, 0) is 63.2 Å². The number of rotatable bonds is 0. The largest absolute Gasteiger partial charge is 0.376 e. The van der Waals surface area contributed by atoms with E-state index >= 15 is 0 Å². The van der Waals surface area contributed by atoms with Crippen molar-refractivity contribution >= 4 is 11.3 Å². The van der Waals surface area contributed by atoms with Gasteiger partial charge in [0, 0.05) is 11.3 Å². The molecule has 0 spiro atoms. The zero-order chi connectivity index (χ0) is 12.0. The second-order valence-electron chi connectivity index (χ2n) is 6.01. The van der Waals surface area contributed by atoms with Gasteiger partial charge in [0.15, 0.2) is 0 Å². The van der Waals surface area contributed by atoms with Crippen molar-refractivity contribution in [2.24, 2.45) is 0 Å². The van der Waals surface area contributed by atoms with Crippen molar-refractivity contribution in [3.63, 3.8) is 0 Å². The van der Waals surface area contributed by atoms with Crippen molar-refractivity contribution in [2.45, 2.75) is 52.0 Å². The van der Waals surface area contributed by atoms with E-state index in [2.05, 4.69) is 44.3 Å². The Hall–Kier alpha value is -1.24. The highest BCUT2D eigenvalue weighted by Crippen LogP contribution is 2.39. The molecule has 1 aliphatic carbocycles. The number of nitrogens with one attached hydrogen (secondary N) is 1. The van der Waals surface area contributed by atoms with E-state index in [9.17, 15) is 0 Å². The third-order valence-corrected chi connectivity index (χ3v) is 3.98. The predicted molar refractivity (Wildman–Crippen MR) is 74.4 cm³/mol. The van der Waals surface area contributed by atoms with Gasteiger partial charge in [-0.3, -0.25) is 0 Å². The Balaban J connectivity index is 2.18. The first-order valence-electron chi connectivity index (χ1n) is 6.70. The fraction of sp³-hybridized carbons (Fsp3) is 0.500. The van der Waals surface area contributed by atoms with E-state index in [0.29, 0.717) is 0 Å². The summed E-state index contributed by atoms with van der Waals surface area (Å²) in [5.41, 5.74) is 7.46. The summed E-state index contributed by atoms with van der Waals surface area (Å²) < 4.78 is 0. The molecular formula is C16H21N. The normalized spacial score (nSPS) is 21.0. The molecule has 0 saturated carbocycles. The third-order valence-electron chi connectivity index (χ3n) is 3.98. The summed E-state index contributed by atoms with van der Waals surface area (Å²) in [5.74, 6) is 0. The summed E-state index contributed by atoms with van der Waals surface area (Å²) in [6, 6.07) is 4.64. The fourth-order valence-electron chi connectivity index (χ4n) is 3.28. The zero-order valence-corrected chi connectivity index (χ0v) is 11.1. The van der Waals surface area contributed by atoms with Crippen molar-refractivity contribution in [1.82, 2.24) is 0 Å². The number of aryl methyl sites for hydroxylation is 1. The second kappa shape index (κ2) is 3.63. The van der Waals surface area contributed by atoms with Crippen molar-refractivity contribution in [2.75, 3.05) is 5.32 Å². The molecule has 0 amide bonds. The minimum atomic E-state index is 0.0870. The summed E-state index contributed by atoms with van der Waals surface area (Å²) in [7, 11) is 0. The average Bonchev–Trinajstić information content (AvgIpc) is 2.27. The zero-order valence-electron chi connectivity index (χ0n) is 11.1. The van der Waals surface area contributed by atoms with Crippen LogP contribution < -0.4 is 5.32 Å². The molecule has 1 nitrogen and oxygen atoms in total. The molecule has 1 heteroatoms. The molecule has 0 atom stereocenters. The van der Waals surface area contributed by atoms with Crippen molar-refractivity contribution in [3.8, 4) is 0 Å². The predicted octanol–water partition coefficient (Wildman–Crippen LogP) is 4.17. The Morgan fingerprint density at radius 2 is 1.88 bits per heavy atom. The molecule has 1 heterocycles. The van der Waals surface area contributed by atoms with Crippen LogP contribution in [0.3, 0.4) is 0 Å². The average molecular weight is 227 g/mol. The summed E-state index contributed by atoms with van der Waals surface area (Å²) in [5, 5.41) is 3.72. The first kappa shape index (κ1) is 10.9. The Kier molecular flexibility index (Phi) is 2.32. The molecule has 1 aromatic rings. The van der Waals surface area contributed by atoms with E-state index in [0.717, 1.165) is 0 Å². The molecule has 1 aliphatic heterocycles. The maximum Gasteiger partial charge on any atom is 0.0506 e. The molecule has 0 unspecified atom stereocenters. The van der Waals surface area contributed by atoms with Gasteiger partial charge in [-0.1, -0.05) is 18.2 Å². The number of benzene rings is 1. The SMILES string of the molecule is CC1=CC(C)(C)Nc2c1ccc1c2CCCC1. The molecule has 0 radical (unpaired) electrons. The van der Waals surface area contributed by atoms with Gasteiger partial charge in [0.25, 0.3) is 0 Å².